The van der Waals surface area contributed by atoms with Gasteiger partial charge in [0.1, 0.15) is 6.26 Å². The smallest absolute Gasteiger partial charge is 0.297 e. The Kier molecular flexibility index (Phi) is 3.75. The summed E-state index contributed by atoms with van der Waals surface area (Å²) in [6.07, 6.45) is 5.74. The van der Waals surface area contributed by atoms with E-state index in [4.69, 9.17) is 9.15 Å². The molecule has 106 valence electrons. The van der Waals surface area contributed by atoms with E-state index in [-0.39, 0.29) is 0 Å². The lowest BCUT2D eigenvalue weighted by Crippen LogP contribution is -2.48. The zero-order chi connectivity index (χ0) is 13.2. The number of fused-ring (bicyclic) bond motifs is 1. The summed E-state index contributed by atoms with van der Waals surface area (Å²) >= 11 is 0. The highest BCUT2D eigenvalue weighted by Gasteiger charge is 2.37. The Morgan fingerprint density at radius 1 is 1.47 bits per heavy atom. The van der Waals surface area contributed by atoms with Gasteiger partial charge in [-0.25, -0.2) is 0 Å². The minimum Gasteiger partial charge on any atom is -0.432 e. The number of rotatable bonds is 4. The van der Waals surface area contributed by atoms with Crippen LogP contribution in [-0.4, -0.2) is 36.3 Å². The summed E-state index contributed by atoms with van der Waals surface area (Å²) in [5.74, 6) is 0. The molecule has 3 rings (SSSR count). The molecule has 2 atom stereocenters. The van der Waals surface area contributed by atoms with E-state index in [2.05, 4.69) is 29.0 Å². The summed E-state index contributed by atoms with van der Waals surface area (Å²) in [6.45, 7) is 6.69. The average molecular weight is 265 g/mol. The third-order valence-corrected chi connectivity index (χ3v) is 3.96. The number of hydrogen-bond acceptors (Lipinski definition) is 5. The van der Waals surface area contributed by atoms with Crippen LogP contribution in [0, 0.1) is 0 Å². The van der Waals surface area contributed by atoms with E-state index in [1.165, 1.54) is 19.3 Å². The van der Waals surface area contributed by atoms with Gasteiger partial charge in [-0.2, -0.15) is 4.98 Å². The van der Waals surface area contributed by atoms with Crippen molar-refractivity contribution in [2.24, 2.45) is 0 Å². The van der Waals surface area contributed by atoms with E-state index in [0.29, 0.717) is 18.2 Å². The molecule has 19 heavy (non-hydrogen) atoms. The van der Waals surface area contributed by atoms with E-state index in [9.17, 15) is 0 Å². The van der Waals surface area contributed by atoms with E-state index in [1.54, 1.807) is 6.26 Å². The highest BCUT2D eigenvalue weighted by Crippen LogP contribution is 2.32. The van der Waals surface area contributed by atoms with Gasteiger partial charge in [-0.3, -0.25) is 0 Å². The van der Waals surface area contributed by atoms with Crippen molar-refractivity contribution in [2.45, 2.75) is 57.8 Å². The van der Waals surface area contributed by atoms with Gasteiger partial charge in [0.15, 0.2) is 0 Å². The molecular formula is C14H23N3O2. The van der Waals surface area contributed by atoms with E-state index in [1.807, 2.05) is 0 Å². The first-order valence-corrected chi connectivity index (χ1v) is 7.30. The van der Waals surface area contributed by atoms with Gasteiger partial charge in [0.25, 0.3) is 6.01 Å². The van der Waals surface area contributed by atoms with Crippen LogP contribution in [0.1, 0.15) is 38.8 Å². The molecule has 1 saturated heterocycles. The van der Waals surface area contributed by atoms with Gasteiger partial charge in [0.05, 0.1) is 24.4 Å². The highest BCUT2D eigenvalue weighted by molar-refractivity contribution is 5.31. The number of ether oxygens (including phenoxy) is 1. The number of morpholine rings is 1. The lowest BCUT2D eigenvalue weighted by Gasteiger charge is -2.36. The molecule has 2 fully saturated rings. The summed E-state index contributed by atoms with van der Waals surface area (Å²) < 4.78 is 11.5. The summed E-state index contributed by atoms with van der Waals surface area (Å²) in [7, 11) is 0. The fraction of sp³-hybridized carbons (Fsp3) is 0.786. The lowest BCUT2D eigenvalue weighted by atomic mass is 10.1. The second kappa shape index (κ2) is 5.51. The summed E-state index contributed by atoms with van der Waals surface area (Å²) in [4.78, 5) is 6.90. The fourth-order valence-corrected chi connectivity index (χ4v) is 2.98. The zero-order valence-electron chi connectivity index (χ0n) is 11.8. The average Bonchev–Trinajstić information content (AvgIpc) is 3.04. The minimum atomic E-state index is 0.373. The predicted molar refractivity (Wildman–Crippen MR) is 73.2 cm³/mol. The van der Waals surface area contributed by atoms with Crippen molar-refractivity contribution in [3.8, 4) is 0 Å². The normalized spacial score (nSPS) is 27.0. The maximum Gasteiger partial charge on any atom is 0.297 e. The Balaban J connectivity index is 1.67. The quantitative estimate of drug-likeness (QED) is 0.901. The first-order chi connectivity index (χ1) is 9.24. The van der Waals surface area contributed by atoms with Gasteiger partial charge in [0.2, 0.25) is 0 Å². The van der Waals surface area contributed by atoms with Crippen molar-refractivity contribution < 1.29 is 9.15 Å². The maximum atomic E-state index is 5.82. The summed E-state index contributed by atoms with van der Waals surface area (Å²) in [5, 5.41) is 3.36. The number of nitrogens with zero attached hydrogens (tertiary/aromatic N) is 2. The minimum absolute atomic E-state index is 0.373. The van der Waals surface area contributed by atoms with Crippen molar-refractivity contribution in [1.29, 1.82) is 0 Å². The molecule has 1 aliphatic heterocycles. The third-order valence-electron chi connectivity index (χ3n) is 3.96. The van der Waals surface area contributed by atoms with Crippen LogP contribution in [0.2, 0.25) is 0 Å². The molecule has 5 heteroatoms. The van der Waals surface area contributed by atoms with Crippen LogP contribution in [-0.2, 0) is 11.3 Å². The molecule has 0 amide bonds. The van der Waals surface area contributed by atoms with Crippen LogP contribution in [0.15, 0.2) is 10.7 Å². The van der Waals surface area contributed by atoms with Gasteiger partial charge in [0, 0.05) is 19.1 Å². The summed E-state index contributed by atoms with van der Waals surface area (Å²) in [5.41, 5.74) is 0.977. The van der Waals surface area contributed by atoms with Crippen molar-refractivity contribution in [3.63, 3.8) is 0 Å². The molecule has 2 heterocycles. The zero-order valence-corrected chi connectivity index (χ0v) is 11.8. The molecule has 5 nitrogen and oxygen atoms in total. The van der Waals surface area contributed by atoms with Gasteiger partial charge in [-0.1, -0.05) is 13.8 Å². The van der Waals surface area contributed by atoms with Crippen LogP contribution in [0.25, 0.3) is 0 Å². The lowest BCUT2D eigenvalue weighted by molar-refractivity contribution is 0.0236. The largest absolute Gasteiger partial charge is 0.432 e. The highest BCUT2D eigenvalue weighted by atomic mass is 16.5. The van der Waals surface area contributed by atoms with Gasteiger partial charge >= 0.3 is 0 Å². The number of aromatic nitrogens is 1. The van der Waals surface area contributed by atoms with Gasteiger partial charge in [-0.15, -0.1) is 0 Å². The van der Waals surface area contributed by atoms with E-state index in [0.717, 1.165) is 31.4 Å². The number of oxazole rings is 1. The Morgan fingerprint density at radius 3 is 3.21 bits per heavy atom. The molecule has 1 saturated carbocycles. The molecule has 0 radical (unpaired) electrons. The molecule has 1 aromatic rings. The first kappa shape index (κ1) is 12.9. The van der Waals surface area contributed by atoms with Crippen LogP contribution < -0.4 is 10.2 Å². The van der Waals surface area contributed by atoms with E-state index >= 15 is 0 Å². The Labute approximate surface area is 114 Å². The Morgan fingerprint density at radius 2 is 2.37 bits per heavy atom. The fourth-order valence-electron chi connectivity index (χ4n) is 2.98. The SMILES string of the molecule is CC(C)NCc1coc(N2CCOC3CCCC32)n1. The Bertz CT molecular complexity index is 419. The van der Waals surface area contributed by atoms with Crippen LogP contribution in [0.5, 0.6) is 0 Å². The standard InChI is InChI=1S/C14H23N3O2/c1-10(2)15-8-11-9-19-14(16-11)17-6-7-18-13-5-3-4-12(13)17/h9-10,12-13,15H,3-8H2,1-2H3. The van der Waals surface area contributed by atoms with Gasteiger partial charge in [-0.05, 0) is 19.3 Å². The number of hydrogen-bond donors (Lipinski definition) is 1. The molecule has 1 aromatic heterocycles. The van der Waals surface area contributed by atoms with Crippen LogP contribution in [0.4, 0.5) is 6.01 Å². The Hall–Kier alpha value is -1.07. The van der Waals surface area contributed by atoms with Crippen LogP contribution in [0.3, 0.4) is 0 Å². The van der Waals surface area contributed by atoms with Crippen molar-refractivity contribution in [3.05, 3.63) is 12.0 Å². The first-order valence-electron chi connectivity index (χ1n) is 7.30. The number of nitrogens with one attached hydrogen (secondary N) is 1. The second-order valence-electron chi connectivity index (χ2n) is 5.76. The molecule has 2 unspecified atom stereocenters. The predicted octanol–water partition coefficient (Wildman–Crippen LogP) is 1.93. The van der Waals surface area contributed by atoms with E-state index < -0.39 is 0 Å². The molecule has 0 bridgehead atoms. The summed E-state index contributed by atoms with van der Waals surface area (Å²) in [6, 6.07) is 1.68. The van der Waals surface area contributed by atoms with Crippen LogP contribution >= 0.6 is 0 Å². The molecule has 0 aromatic carbocycles. The molecular weight excluding hydrogens is 242 g/mol. The monoisotopic (exact) mass is 265 g/mol. The van der Waals surface area contributed by atoms with Crippen molar-refractivity contribution >= 4 is 6.01 Å². The molecule has 1 N–H and O–H groups in total. The third kappa shape index (κ3) is 2.77. The maximum absolute atomic E-state index is 5.82. The molecule has 0 spiro atoms. The van der Waals surface area contributed by atoms with Crippen molar-refractivity contribution in [1.82, 2.24) is 10.3 Å². The number of anilines is 1. The molecule has 2 aliphatic rings. The molecule has 1 aliphatic carbocycles. The second-order valence-corrected chi connectivity index (χ2v) is 5.76. The topological polar surface area (TPSA) is 50.5 Å². The van der Waals surface area contributed by atoms with Crippen molar-refractivity contribution in [2.75, 3.05) is 18.1 Å². The van der Waals surface area contributed by atoms with Gasteiger partial charge < -0.3 is 19.4 Å².